The van der Waals surface area contributed by atoms with Crippen molar-refractivity contribution in [3.05, 3.63) is 24.8 Å². The van der Waals surface area contributed by atoms with Crippen LogP contribution in [-0.2, 0) is 0 Å². The molecule has 1 heterocycles. The quantitative estimate of drug-likeness (QED) is 0.558. The first-order chi connectivity index (χ1) is 5.33. The highest BCUT2D eigenvalue weighted by molar-refractivity contribution is 4.98. The molecule has 1 heteroatoms. The van der Waals surface area contributed by atoms with Gasteiger partial charge in [0.25, 0.3) is 0 Å². The summed E-state index contributed by atoms with van der Waals surface area (Å²) in [5, 5.41) is 0. The number of hydrogen-bond acceptors (Lipinski definition) is 1. The Hall–Kier alpha value is -0.560. The first-order valence-electron chi connectivity index (χ1n) is 4.29. The number of allylic oxidation sites excluding steroid dienone is 3. The van der Waals surface area contributed by atoms with Crippen LogP contribution in [0.4, 0.5) is 0 Å². The van der Waals surface area contributed by atoms with E-state index in [0.29, 0.717) is 0 Å². The average Bonchev–Trinajstić information content (AvgIpc) is 2.37. The Morgan fingerprint density at radius 3 is 3.00 bits per heavy atom. The van der Waals surface area contributed by atoms with Gasteiger partial charge in [0, 0.05) is 6.54 Å². The third-order valence-electron chi connectivity index (χ3n) is 2.23. The molecule has 11 heavy (non-hydrogen) atoms. The predicted octanol–water partition coefficient (Wildman–Crippen LogP) is 2.07. The largest absolute Gasteiger partial charge is 0.306 e. The summed E-state index contributed by atoms with van der Waals surface area (Å²) in [6.45, 7) is 6.18. The van der Waals surface area contributed by atoms with Crippen LogP contribution in [0.3, 0.4) is 0 Å². The van der Waals surface area contributed by atoms with E-state index in [1.807, 2.05) is 12.2 Å². The van der Waals surface area contributed by atoms with E-state index < -0.39 is 0 Å². The molecule has 0 aromatic rings. The van der Waals surface area contributed by atoms with Gasteiger partial charge >= 0.3 is 0 Å². The summed E-state index contributed by atoms with van der Waals surface area (Å²) in [7, 11) is 2.19. The fourth-order valence-corrected chi connectivity index (χ4v) is 1.59. The third-order valence-corrected chi connectivity index (χ3v) is 2.23. The Morgan fingerprint density at radius 2 is 2.45 bits per heavy atom. The van der Waals surface area contributed by atoms with Gasteiger partial charge in [0.05, 0.1) is 0 Å². The lowest BCUT2D eigenvalue weighted by Crippen LogP contribution is -2.13. The van der Waals surface area contributed by atoms with E-state index in [2.05, 4.69) is 24.6 Å². The smallest absolute Gasteiger partial charge is 0.00100 e. The minimum atomic E-state index is 0.885. The van der Waals surface area contributed by atoms with Gasteiger partial charge < -0.3 is 4.90 Å². The summed E-state index contributed by atoms with van der Waals surface area (Å²) in [6, 6.07) is 0. The van der Waals surface area contributed by atoms with Gasteiger partial charge in [-0.25, -0.2) is 0 Å². The van der Waals surface area contributed by atoms with Gasteiger partial charge in [0.1, 0.15) is 0 Å². The Kier molecular flexibility index (Phi) is 3.37. The lowest BCUT2D eigenvalue weighted by molar-refractivity contribution is 0.396. The summed E-state index contributed by atoms with van der Waals surface area (Å²) in [5.41, 5.74) is 0. The standard InChI is InChI=1S/C10H17N/c1-3-4-5-6-10-7-8-11(2)9-10/h3-5,10H,1,6-9H2,2H3. The third kappa shape index (κ3) is 2.89. The lowest BCUT2D eigenvalue weighted by Gasteiger charge is -2.06. The zero-order valence-corrected chi connectivity index (χ0v) is 7.29. The topological polar surface area (TPSA) is 3.24 Å². The molecule has 1 nitrogen and oxygen atoms in total. The number of nitrogens with zero attached hydrogens (tertiary/aromatic N) is 1. The van der Waals surface area contributed by atoms with Crippen LogP contribution in [0.5, 0.6) is 0 Å². The fraction of sp³-hybridized carbons (Fsp3) is 0.600. The van der Waals surface area contributed by atoms with Crippen LogP contribution >= 0.6 is 0 Å². The van der Waals surface area contributed by atoms with Crippen LogP contribution in [0.1, 0.15) is 12.8 Å². The van der Waals surface area contributed by atoms with Crippen molar-refractivity contribution in [2.75, 3.05) is 20.1 Å². The van der Waals surface area contributed by atoms with Crippen molar-refractivity contribution in [2.24, 2.45) is 5.92 Å². The van der Waals surface area contributed by atoms with Gasteiger partial charge in [-0.1, -0.05) is 24.8 Å². The van der Waals surface area contributed by atoms with E-state index in [0.717, 1.165) is 5.92 Å². The van der Waals surface area contributed by atoms with Crippen molar-refractivity contribution >= 4 is 0 Å². The van der Waals surface area contributed by atoms with E-state index in [1.54, 1.807) is 0 Å². The van der Waals surface area contributed by atoms with Crippen molar-refractivity contribution < 1.29 is 0 Å². The average molecular weight is 151 g/mol. The van der Waals surface area contributed by atoms with Gasteiger partial charge in [-0.2, -0.15) is 0 Å². The second-order valence-corrected chi connectivity index (χ2v) is 3.32. The first-order valence-corrected chi connectivity index (χ1v) is 4.29. The van der Waals surface area contributed by atoms with Gasteiger partial charge in [-0.3, -0.25) is 0 Å². The second kappa shape index (κ2) is 4.35. The van der Waals surface area contributed by atoms with E-state index in [-0.39, 0.29) is 0 Å². The lowest BCUT2D eigenvalue weighted by atomic mass is 10.1. The molecule has 0 radical (unpaired) electrons. The zero-order valence-electron chi connectivity index (χ0n) is 7.29. The maximum atomic E-state index is 3.64. The summed E-state index contributed by atoms with van der Waals surface area (Å²) >= 11 is 0. The monoisotopic (exact) mass is 151 g/mol. The SMILES string of the molecule is C=CC=CCC1CCN(C)C1. The van der Waals surface area contributed by atoms with Crippen LogP contribution < -0.4 is 0 Å². The van der Waals surface area contributed by atoms with Crippen LogP contribution in [0, 0.1) is 5.92 Å². The van der Waals surface area contributed by atoms with Crippen molar-refractivity contribution in [2.45, 2.75) is 12.8 Å². The van der Waals surface area contributed by atoms with Gasteiger partial charge in [0.2, 0.25) is 0 Å². The summed E-state index contributed by atoms with van der Waals surface area (Å²) in [6.07, 6.45) is 8.68. The summed E-state index contributed by atoms with van der Waals surface area (Å²) < 4.78 is 0. The van der Waals surface area contributed by atoms with Crippen molar-refractivity contribution in [3.8, 4) is 0 Å². The highest BCUT2D eigenvalue weighted by Crippen LogP contribution is 2.17. The van der Waals surface area contributed by atoms with E-state index in [1.165, 1.54) is 25.9 Å². The number of likely N-dealkylation sites (tertiary alicyclic amines) is 1. The van der Waals surface area contributed by atoms with E-state index in [4.69, 9.17) is 0 Å². The highest BCUT2D eigenvalue weighted by Gasteiger charge is 2.17. The number of hydrogen-bond donors (Lipinski definition) is 0. The molecule has 1 fully saturated rings. The Balaban J connectivity index is 2.17. The number of rotatable bonds is 3. The Bertz CT molecular complexity index is 149. The van der Waals surface area contributed by atoms with Gasteiger partial charge in [-0.05, 0) is 32.4 Å². The molecule has 0 N–H and O–H groups in total. The fourth-order valence-electron chi connectivity index (χ4n) is 1.59. The molecule has 0 saturated carbocycles. The van der Waals surface area contributed by atoms with Crippen LogP contribution in [-0.4, -0.2) is 25.0 Å². The molecule has 1 rings (SSSR count). The Morgan fingerprint density at radius 1 is 1.64 bits per heavy atom. The molecular formula is C10H17N. The molecule has 0 amide bonds. The second-order valence-electron chi connectivity index (χ2n) is 3.32. The molecule has 1 atom stereocenters. The summed E-state index contributed by atoms with van der Waals surface area (Å²) in [4.78, 5) is 2.40. The van der Waals surface area contributed by atoms with Crippen molar-refractivity contribution in [3.63, 3.8) is 0 Å². The molecule has 0 spiro atoms. The minimum Gasteiger partial charge on any atom is -0.306 e. The molecule has 0 aliphatic carbocycles. The molecule has 1 aliphatic rings. The highest BCUT2D eigenvalue weighted by atomic mass is 15.1. The van der Waals surface area contributed by atoms with E-state index >= 15 is 0 Å². The molecule has 0 aromatic heterocycles. The van der Waals surface area contributed by atoms with Crippen LogP contribution in [0.15, 0.2) is 24.8 Å². The van der Waals surface area contributed by atoms with Gasteiger partial charge in [-0.15, -0.1) is 0 Å². The Labute approximate surface area is 69.4 Å². The zero-order chi connectivity index (χ0) is 8.10. The molecule has 1 saturated heterocycles. The molecule has 62 valence electrons. The molecular weight excluding hydrogens is 134 g/mol. The normalized spacial score (nSPS) is 26.5. The summed E-state index contributed by atoms with van der Waals surface area (Å²) in [5.74, 6) is 0.885. The van der Waals surface area contributed by atoms with Crippen LogP contribution in [0.25, 0.3) is 0 Å². The molecule has 1 aliphatic heterocycles. The molecule has 0 bridgehead atoms. The van der Waals surface area contributed by atoms with E-state index in [9.17, 15) is 0 Å². The van der Waals surface area contributed by atoms with Gasteiger partial charge in [0.15, 0.2) is 0 Å². The van der Waals surface area contributed by atoms with Crippen LogP contribution in [0.2, 0.25) is 0 Å². The first kappa shape index (κ1) is 8.54. The molecule has 1 unspecified atom stereocenters. The maximum Gasteiger partial charge on any atom is 0.00100 e. The maximum absolute atomic E-state index is 3.64. The predicted molar refractivity (Wildman–Crippen MR) is 49.6 cm³/mol. The minimum absolute atomic E-state index is 0.885. The van der Waals surface area contributed by atoms with Crippen molar-refractivity contribution in [1.29, 1.82) is 0 Å². The van der Waals surface area contributed by atoms with Crippen molar-refractivity contribution in [1.82, 2.24) is 4.90 Å². The molecule has 0 aromatic carbocycles.